The largest absolute Gasteiger partial charge is 1.00 e. The summed E-state index contributed by atoms with van der Waals surface area (Å²) < 4.78 is 35.7. The van der Waals surface area contributed by atoms with E-state index in [2.05, 4.69) is 6.92 Å². The Morgan fingerprint density at radius 2 is 1.71 bits per heavy atom. The number of rotatable bonds is 8. The minimum atomic E-state index is -4.03. The van der Waals surface area contributed by atoms with Crippen molar-refractivity contribution in [2.24, 2.45) is 0 Å². The molecule has 0 unspecified atom stereocenters. The molecule has 4 nitrogen and oxygen atoms in total. The van der Waals surface area contributed by atoms with Gasteiger partial charge in [0.2, 0.25) is 0 Å². The van der Waals surface area contributed by atoms with Gasteiger partial charge in [-0.15, -0.1) is 0 Å². The first-order chi connectivity index (χ1) is 6.06. The molecule has 0 amide bonds. The molecule has 80 valence electrons. The van der Waals surface area contributed by atoms with Gasteiger partial charge in [-0.3, -0.25) is 0 Å². The zero-order chi connectivity index (χ0) is 10.2. The van der Waals surface area contributed by atoms with Crippen molar-refractivity contribution in [1.29, 1.82) is 0 Å². The summed E-state index contributed by atoms with van der Waals surface area (Å²) in [5, 5.41) is 0. The molecule has 0 fully saturated rings. The Morgan fingerprint density at radius 1 is 1.14 bits per heavy atom. The van der Waals surface area contributed by atoms with Gasteiger partial charge in [-0.05, 0) is 19.3 Å². The summed E-state index contributed by atoms with van der Waals surface area (Å²) in [6, 6.07) is 0. The molecule has 0 atom stereocenters. The predicted octanol–water partition coefficient (Wildman–Crippen LogP) is -1.87. The third kappa shape index (κ3) is 15.3. The van der Waals surface area contributed by atoms with Crippen molar-refractivity contribution >= 4 is 10.1 Å². The first kappa shape index (κ1) is 17.3. The van der Waals surface area contributed by atoms with Crippen LogP contribution in [-0.4, -0.2) is 31.9 Å². The third-order valence-electron chi connectivity index (χ3n) is 1.58. The van der Waals surface area contributed by atoms with Crippen LogP contribution in [0.4, 0.5) is 0 Å². The van der Waals surface area contributed by atoms with Crippen LogP contribution < -0.4 is 29.6 Å². The van der Waals surface area contributed by atoms with Crippen LogP contribution in [0, 0.1) is 0 Å². The molecule has 0 aliphatic heterocycles. The molecule has 0 saturated carbocycles. The van der Waals surface area contributed by atoms with Gasteiger partial charge in [-0.2, -0.15) is 0 Å². The topological polar surface area (TPSA) is 66.4 Å². The van der Waals surface area contributed by atoms with E-state index in [4.69, 9.17) is 4.74 Å². The van der Waals surface area contributed by atoms with E-state index < -0.39 is 10.1 Å². The second-order valence-corrected chi connectivity index (χ2v) is 4.46. The second kappa shape index (κ2) is 10.4. The van der Waals surface area contributed by atoms with Gasteiger partial charge in [0, 0.05) is 19.0 Å². The van der Waals surface area contributed by atoms with E-state index in [9.17, 15) is 13.0 Å². The summed E-state index contributed by atoms with van der Waals surface area (Å²) in [5.41, 5.74) is 0. The maximum absolute atomic E-state index is 10.2. The van der Waals surface area contributed by atoms with Gasteiger partial charge in [0.15, 0.2) is 0 Å². The Balaban J connectivity index is 0. The Labute approximate surface area is 108 Å². The van der Waals surface area contributed by atoms with Gasteiger partial charge in [0.1, 0.15) is 0 Å². The van der Waals surface area contributed by atoms with Gasteiger partial charge in [0.05, 0.1) is 10.1 Å². The second-order valence-electron chi connectivity index (χ2n) is 2.93. The Hall–Kier alpha value is 0.870. The zero-order valence-electron chi connectivity index (χ0n) is 8.99. The number of hydrogen-bond donors (Lipinski definition) is 0. The number of hydrogen-bond acceptors (Lipinski definition) is 4. The summed E-state index contributed by atoms with van der Waals surface area (Å²) in [6.45, 7) is 3.35. The third-order valence-corrected chi connectivity index (χ3v) is 2.36. The van der Waals surface area contributed by atoms with Crippen molar-refractivity contribution < 1.29 is 47.3 Å². The minimum Gasteiger partial charge on any atom is -0.748 e. The van der Waals surface area contributed by atoms with Crippen LogP contribution in [0.3, 0.4) is 0 Å². The molecular weight excluding hydrogens is 215 g/mol. The fourth-order valence-electron chi connectivity index (χ4n) is 0.831. The normalized spacial score (nSPS) is 11.0. The molecular formula is C8H17NaO4S. The summed E-state index contributed by atoms with van der Waals surface area (Å²) in [5.74, 6) is -0.274. The first-order valence-corrected chi connectivity index (χ1v) is 6.15. The van der Waals surface area contributed by atoms with Crippen molar-refractivity contribution in [3.05, 3.63) is 0 Å². The Bertz CT molecular complexity index is 203. The van der Waals surface area contributed by atoms with E-state index in [1.165, 1.54) is 0 Å². The van der Waals surface area contributed by atoms with Crippen molar-refractivity contribution in [2.45, 2.75) is 32.6 Å². The van der Waals surface area contributed by atoms with Crippen LogP contribution in [-0.2, 0) is 14.9 Å². The number of ether oxygens (including phenoxy) is 1. The molecule has 0 spiro atoms. The van der Waals surface area contributed by atoms with Crippen LogP contribution in [0.5, 0.6) is 0 Å². The SMILES string of the molecule is CCCCOCCCCS(=O)(=O)[O-].[Na+]. The van der Waals surface area contributed by atoms with E-state index in [-0.39, 0.29) is 35.3 Å². The summed E-state index contributed by atoms with van der Waals surface area (Å²) in [4.78, 5) is 0. The molecule has 0 heterocycles. The fourth-order valence-corrected chi connectivity index (χ4v) is 1.39. The van der Waals surface area contributed by atoms with Gasteiger partial charge < -0.3 is 9.29 Å². The number of unbranched alkanes of at least 4 members (excludes halogenated alkanes) is 2. The van der Waals surface area contributed by atoms with Crippen molar-refractivity contribution in [3.63, 3.8) is 0 Å². The smallest absolute Gasteiger partial charge is 0.748 e. The van der Waals surface area contributed by atoms with E-state index in [0.29, 0.717) is 19.4 Å². The Kier molecular flexibility index (Phi) is 12.8. The first-order valence-electron chi connectivity index (χ1n) is 4.57. The Morgan fingerprint density at radius 3 is 2.21 bits per heavy atom. The van der Waals surface area contributed by atoms with Crippen LogP contribution in [0.25, 0.3) is 0 Å². The van der Waals surface area contributed by atoms with Crippen LogP contribution >= 0.6 is 0 Å². The van der Waals surface area contributed by atoms with Gasteiger partial charge in [-0.25, -0.2) is 8.42 Å². The predicted molar refractivity (Wildman–Crippen MR) is 49.5 cm³/mol. The molecule has 0 bridgehead atoms. The molecule has 6 heteroatoms. The van der Waals surface area contributed by atoms with E-state index >= 15 is 0 Å². The molecule has 0 radical (unpaired) electrons. The van der Waals surface area contributed by atoms with Crippen LogP contribution in [0.2, 0.25) is 0 Å². The van der Waals surface area contributed by atoms with Crippen molar-refractivity contribution in [3.8, 4) is 0 Å². The van der Waals surface area contributed by atoms with E-state index in [1.54, 1.807) is 0 Å². The molecule has 0 rings (SSSR count). The average Bonchev–Trinajstić information content (AvgIpc) is 2.01. The van der Waals surface area contributed by atoms with Gasteiger partial charge in [-0.1, -0.05) is 13.3 Å². The average molecular weight is 232 g/mol. The quantitative estimate of drug-likeness (QED) is 0.279. The summed E-state index contributed by atoms with van der Waals surface area (Å²) >= 11 is 0. The maximum atomic E-state index is 10.2. The van der Waals surface area contributed by atoms with Crippen LogP contribution in [0.15, 0.2) is 0 Å². The minimum absolute atomic E-state index is 0. The van der Waals surface area contributed by atoms with Gasteiger partial charge in [0.25, 0.3) is 0 Å². The molecule has 0 N–H and O–H groups in total. The fraction of sp³-hybridized carbons (Fsp3) is 1.00. The maximum Gasteiger partial charge on any atom is 1.00 e. The van der Waals surface area contributed by atoms with Crippen LogP contribution in [0.1, 0.15) is 32.6 Å². The molecule has 0 aliphatic rings. The molecule has 0 aromatic carbocycles. The van der Waals surface area contributed by atoms with E-state index in [1.807, 2.05) is 0 Å². The molecule has 0 saturated heterocycles. The summed E-state index contributed by atoms with van der Waals surface area (Å²) in [6.07, 6.45) is 3.16. The summed E-state index contributed by atoms with van der Waals surface area (Å²) in [7, 11) is -4.03. The van der Waals surface area contributed by atoms with E-state index in [0.717, 1.165) is 19.4 Å². The van der Waals surface area contributed by atoms with Crippen molar-refractivity contribution in [1.82, 2.24) is 0 Å². The molecule has 14 heavy (non-hydrogen) atoms. The van der Waals surface area contributed by atoms with Gasteiger partial charge >= 0.3 is 29.6 Å². The zero-order valence-corrected chi connectivity index (χ0v) is 11.8. The molecule has 0 aliphatic carbocycles. The molecule has 0 aromatic rings. The standard InChI is InChI=1S/C8H18O4S.Na/c1-2-3-6-12-7-4-5-8-13(9,10)11;/h2-8H2,1H3,(H,9,10,11);/q;+1/p-1. The monoisotopic (exact) mass is 232 g/mol. The molecule has 0 aromatic heterocycles. The van der Waals surface area contributed by atoms with Crippen molar-refractivity contribution in [2.75, 3.05) is 19.0 Å².